The van der Waals surface area contributed by atoms with Gasteiger partial charge in [0.2, 0.25) is 0 Å². The van der Waals surface area contributed by atoms with E-state index in [1.807, 2.05) is 36.8 Å². The standard InChI is InChI=1S/C30H34Br4O8S2/c1-5-27(35)41-21(15-37-7-9-43-3)17-39-29-23(31)11-19(12-24(29)32)20-13-25(33)30(26(34)14-20)40-18-22(42-28(36)6-2)16-38-8-10-44-4/h5-6,11-14,21-22H,1-2,7-10,15-18H2,3-4H3. The maximum atomic E-state index is 11.8. The summed E-state index contributed by atoms with van der Waals surface area (Å²) >= 11 is 17.8. The van der Waals surface area contributed by atoms with Gasteiger partial charge in [0.05, 0.1) is 44.3 Å². The fraction of sp³-hybridized carbons (Fsp3) is 0.400. The fourth-order valence-corrected chi connectivity index (χ4v) is 6.85. The van der Waals surface area contributed by atoms with Crippen LogP contribution in [0.25, 0.3) is 11.1 Å². The molecule has 0 bridgehead atoms. The first-order chi connectivity index (χ1) is 21.1. The summed E-state index contributed by atoms with van der Waals surface area (Å²) in [6.45, 7) is 8.57. The highest BCUT2D eigenvalue weighted by Crippen LogP contribution is 2.42. The first-order valence-corrected chi connectivity index (χ1v) is 19.1. The third kappa shape index (κ3) is 13.8. The molecule has 0 spiro atoms. The van der Waals surface area contributed by atoms with E-state index in [1.165, 1.54) is 0 Å². The van der Waals surface area contributed by atoms with E-state index < -0.39 is 24.1 Å². The number of carbonyl (C=O) groups excluding carboxylic acids is 2. The van der Waals surface area contributed by atoms with E-state index in [0.29, 0.717) is 42.6 Å². The van der Waals surface area contributed by atoms with Crippen LogP contribution in [0.3, 0.4) is 0 Å². The number of benzene rings is 2. The van der Waals surface area contributed by atoms with Gasteiger partial charge in [-0.3, -0.25) is 0 Å². The molecule has 0 saturated carbocycles. The Bertz CT molecular complexity index is 1120. The third-order valence-electron chi connectivity index (χ3n) is 5.53. The quantitative estimate of drug-likeness (QED) is 0.0696. The largest absolute Gasteiger partial charge is 0.487 e. The highest BCUT2D eigenvalue weighted by atomic mass is 79.9. The first kappa shape index (κ1) is 39.2. The van der Waals surface area contributed by atoms with Gasteiger partial charge in [0, 0.05) is 23.7 Å². The maximum Gasteiger partial charge on any atom is 0.330 e. The Morgan fingerprint density at radius 2 is 1.02 bits per heavy atom. The summed E-state index contributed by atoms with van der Waals surface area (Å²) in [6.07, 6.45) is 4.99. The second-order valence-corrected chi connectivity index (χ2v) is 14.2. The Kier molecular flexibility index (Phi) is 19.3. The molecule has 2 aromatic rings. The summed E-state index contributed by atoms with van der Waals surface area (Å²) in [4.78, 5) is 23.6. The van der Waals surface area contributed by atoms with E-state index in [2.05, 4.69) is 76.9 Å². The van der Waals surface area contributed by atoms with Gasteiger partial charge in [-0.1, -0.05) is 13.2 Å². The van der Waals surface area contributed by atoms with Crippen molar-refractivity contribution >= 4 is 99.2 Å². The molecule has 0 fully saturated rings. The lowest BCUT2D eigenvalue weighted by molar-refractivity contribution is -0.148. The van der Waals surface area contributed by atoms with Crippen molar-refractivity contribution in [2.45, 2.75) is 12.2 Å². The zero-order valence-corrected chi connectivity index (χ0v) is 32.3. The van der Waals surface area contributed by atoms with E-state index in [-0.39, 0.29) is 26.4 Å². The maximum absolute atomic E-state index is 11.8. The molecule has 8 nitrogen and oxygen atoms in total. The number of hydrogen-bond donors (Lipinski definition) is 0. The normalized spacial score (nSPS) is 12.2. The molecule has 0 aliphatic carbocycles. The van der Waals surface area contributed by atoms with Gasteiger partial charge in [0.25, 0.3) is 0 Å². The minimum Gasteiger partial charge on any atom is -0.487 e. The van der Waals surface area contributed by atoms with Crippen molar-refractivity contribution < 1.29 is 38.0 Å². The lowest BCUT2D eigenvalue weighted by Crippen LogP contribution is -2.29. The van der Waals surface area contributed by atoms with Crippen molar-refractivity contribution in [1.29, 1.82) is 0 Å². The monoisotopic (exact) mass is 902 g/mol. The fourth-order valence-electron chi connectivity index (χ4n) is 3.45. The summed E-state index contributed by atoms with van der Waals surface area (Å²) in [5, 5.41) is 0. The van der Waals surface area contributed by atoms with Crippen molar-refractivity contribution in [3.8, 4) is 22.6 Å². The van der Waals surface area contributed by atoms with Gasteiger partial charge in [-0.15, -0.1) is 0 Å². The smallest absolute Gasteiger partial charge is 0.330 e. The highest BCUT2D eigenvalue weighted by molar-refractivity contribution is 9.11. The second-order valence-electron chi connectivity index (χ2n) is 8.82. The van der Waals surface area contributed by atoms with E-state index >= 15 is 0 Å². The van der Waals surface area contributed by atoms with Crippen LogP contribution >= 0.6 is 87.2 Å². The van der Waals surface area contributed by atoms with Gasteiger partial charge in [0.15, 0.2) is 12.2 Å². The van der Waals surface area contributed by atoms with Crippen LogP contribution in [0.2, 0.25) is 0 Å². The molecule has 2 rings (SSSR count). The molecule has 2 atom stereocenters. The van der Waals surface area contributed by atoms with Crippen LogP contribution in [0.1, 0.15) is 0 Å². The Hall–Kier alpha value is -1.00. The van der Waals surface area contributed by atoms with Crippen LogP contribution in [0.4, 0.5) is 0 Å². The van der Waals surface area contributed by atoms with E-state index in [1.54, 1.807) is 23.5 Å². The number of halogens is 4. The Balaban J connectivity index is 2.15. The van der Waals surface area contributed by atoms with Gasteiger partial charge in [-0.25, -0.2) is 9.59 Å². The average Bonchev–Trinajstić information content (AvgIpc) is 2.99. The zero-order valence-electron chi connectivity index (χ0n) is 24.3. The summed E-state index contributed by atoms with van der Waals surface area (Å²) in [7, 11) is 0. The summed E-state index contributed by atoms with van der Waals surface area (Å²) in [6, 6.07) is 7.69. The van der Waals surface area contributed by atoms with Crippen molar-refractivity contribution in [2.75, 3.05) is 63.7 Å². The van der Waals surface area contributed by atoms with E-state index in [9.17, 15) is 9.59 Å². The van der Waals surface area contributed by atoms with Crippen LogP contribution in [-0.2, 0) is 28.5 Å². The second kappa shape index (κ2) is 21.7. The SMILES string of the molecule is C=CC(=O)OC(COCCSC)COc1c(Br)cc(-c2cc(Br)c(OCC(COCCSC)OC(=O)C=C)c(Br)c2)cc1Br. The molecule has 0 aromatic heterocycles. The molecule has 0 aliphatic heterocycles. The number of thioether (sulfide) groups is 2. The Morgan fingerprint density at radius 1 is 0.682 bits per heavy atom. The van der Waals surface area contributed by atoms with Crippen LogP contribution in [0, 0.1) is 0 Å². The number of rotatable bonds is 21. The molecular formula is C30H34Br4O8S2. The predicted molar refractivity (Wildman–Crippen MR) is 192 cm³/mol. The molecule has 242 valence electrons. The third-order valence-corrected chi connectivity index (χ3v) is 9.03. The van der Waals surface area contributed by atoms with E-state index in [0.717, 1.165) is 34.8 Å². The van der Waals surface area contributed by atoms with Crippen LogP contribution in [-0.4, -0.2) is 87.8 Å². The van der Waals surface area contributed by atoms with Crippen molar-refractivity contribution in [1.82, 2.24) is 0 Å². The minimum absolute atomic E-state index is 0.0875. The van der Waals surface area contributed by atoms with Crippen molar-refractivity contribution in [2.24, 2.45) is 0 Å². The molecule has 2 aromatic carbocycles. The predicted octanol–water partition coefficient (Wildman–Crippen LogP) is 8.12. The van der Waals surface area contributed by atoms with Crippen LogP contribution < -0.4 is 9.47 Å². The van der Waals surface area contributed by atoms with Crippen LogP contribution in [0.15, 0.2) is 67.5 Å². The van der Waals surface area contributed by atoms with Gasteiger partial charge in [-0.2, -0.15) is 23.5 Å². The number of ether oxygens (including phenoxy) is 6. The van der Waals surface area contributed by atoms with Gasteiger partial charge < -0.3 is 28.4 Å². The molecule has 0 aliphatic rings. The van der Waals surface area contributed by atoms with Gasteiger partial charge in [0.1, 0.15) is 24.7 Å². The van der Waals surface area contributed by atoms with Crippen LogP contribution in [0.5, 0.6) is 11.5 Å². The Morgan fingerprint density at radius 3 is 1.32 bits per heavy atom. The molecule has 0 radical (unpaired) electrons. The molecule has 0 heterocycles. The minimum atomic E-state index is -0.609. The van der Waals surface area contributed by atoms with E-state index in [4.69, 9.17) is 28.4 Å². The number of hydrogen-bond acceptors (Lipinski definition) is 10. The molecule has 2 unspecified atom stereocenters. The molecule has 14 heteroatoms. The lowest BCUT2D eigenvalue weighted by Gasteiger charge is -2.20. The van der Waals surface area contributed by atoms with Gasteiger partial charge in [-0.05, 0) is 112 Å². The zero-order chi connectivity index (χ0) is 32.5. The van der Waals surface area contributed by atoms with Crippen molar-refractivity contribution in [3.63, 3.8) is 0 Å². The first-order valence-electron chi connectivity index (χ1n) is 13.2. The summed E-state index contributed by atoms with van der Waals surface area (Å²) < 4.78 is 36.9. The molecule has 0 N–H and O–H groups in total. The molecular weight excluding hydrogens is 872 g/mol. The molecule has 0 saturated heterocycles. The summed E-state index contributed by atoms with van der Waals surface area (Å²) in [5.41, 5.74) is 1.78. The van der Waals surface area contributed by atoms with Crippen molar-refractivity contribution in [3.05, 3.63) is 67.5 Å². The number of esters is 2. The average molecular weight is 906 g/mol. The highest BCUT2D eigenvalue weighted by Gasteiger charge is 2.20. The topological polar surface area (TPSA) is 89.5 Å². The van der Waals surface area contributed by atoms with Gasteiger partial charge >= 0.3 is 11.9 Å². The Labute approximate surface area is 300 Å². The molecule has 44 heavy (non-hydrogen) atoms. The lowest BCUT2D eigenvalue weighted by atomic mass is 10.1. The number of carbonyl (C=O) groups is 2. The summed E-state index contributed by atoms with van der Waals surface area (Å²) in [5.74, 6) is 1.68. The molecule has 0 amide bonds.